The molecule has 8 N–H and O–H groups in total. The van der Waals surface area contributed by atoms with E-state index >= 15 is 0 Å². The van der Waals surface area contributed by atoms with Crippen molar-refractivity contribution in [3.05, 3.63) is 82.4 Å². The SMILES string of the molecule is N=C(N)CCCCCC(=O)Cc1cc(C(F)(F)F)cc(CC(=O)Cc2ccc(Oc3cc(NCCCN)cc(C(F)(F)F)c3)cc2)c1SCCN. The van der Waals surface area contributed by atoms with E-state index in [-0.39, 0.29) is 77.9 Å². The van der Waals surface area contributed by atoms with Crippen molar-refractivity contribution in [1.82, 2.24) is 0 Å². The number of unbranched alkanes of at least 4 members (excludes halogenated alkanes) is 2. The standard InChI is InChI=1S/C36H43F6N5O3S/c37-35(38,39)26-16-24(18-29(48)5-2-1-3-6-33(45)46)34(51-14-12-44)25(17-26)19-30(49)15-23-7-9-31(10-8-23)50-32-21-27(36(40,41)42)20-28(22-32)47-13-4-11-43/h7-10,16-17,20-22,47H,1-6,11-15,18-19,43-44H2,(H3,45,46). The van der Waals surface area contributed by atoms with E-state index in [1.165, 1.54) is 30.0 Å². The molecule has 0 bridgehead atoms. The molecule has 0 heterocycles. The molecule has 0 saturated heterocycles. The fourth-order valence-electron chi connectivity index (χ4n) is 5.21. The Balaban J connectivity index is 1.77. The van der Waals surface area contributed by atoms with Crippen LogP contribution in [0.1, 0.15) is 66.3 Å². The van der Waals surface area contributed by atoms with Gasteiger partial charge in [-0.25, -0.2) is 0 Å². The number of amidine groups is 1. The highest BCUT2D eigenvalue weighted by Gasteiger charge is 2.33. The Hall–Kier alpha value is -4.08. The van der Waals surface area contributed by atoms with Gasteiger partial charge >= 0.3 is 12.4 Å². The van der Waals surface area contributed by atoms with Crippen LogP contribution >= 0.6 is 11.8 Å². The van der Waals surface area contributed by atoms with Crippen molar-refractivity contribution in [3.63, 3.8) is 0 Å². The zero-order chi connectivity index (χ0) is 37.6. The lowest BCUT2D eigenvalue weighted by Gasteiger charge is -2.18. The Morgan fingerprint density at radius 1 is 0.725 bits per heavy atom. The van der Waals surface area contributed by atoms with E-state index < -0.39 is 23.5 Å². The minimum Gasteiger partial charge on any atom is -0.457 e. The zero-order valence-corrected chi connectivity index (χ0v) is 28.8. The van der Waals surface area contributed by atoms with Gasteiger partial charge in [0.2, 0.25) is 0 Å². The maximum atomic E-state index is 14.0. The highest BCUT2D eigenvalue weighted by Crippen LogP contribution is 2.38. The Morgan fingerprint density at radius 3 is 1.92 bits per heavy atom. The number of hydrogen-bond donors (Lipinski definition) is 5. The number of rotatable bonds is 21. The number of ketones is 2. The fourth-order valence-corrected chi connectivity index (χ4v) is 6.17. The molecule has 0 fully saturated rings. The van der Waals surface area contributed by atoms with Gasteiger partial charge in [-0.2, -0.15) is 26.3 Å². The number of anilines is 1. The second kappa shape index (κ2) is 19.5. The lowest BCUT2D eigenvalue weighted by molar-refractivity contribution is -0.138. The Morgan fingerprint density at radius 2 is 1.33 bits per heavy atom. The molecule has 15 heteroatoms. The van der Waals surface area contributed by atoms with Gasteiger partial charge in [0.05, 0.1) is 17.0 Å². The number of hydrogen-bond acceptors (Lipinski definition) is 8. The predicted molar refractivity (Wildman–Crippen MR) is 187 cm³/mol. The highest BCUT2D eigenvalue weighted by atomic mass is 32.2. The van der Waals surface area contributed by atoms with Crippen molar-refractivity contribution in [2.24, 2.45) is 17.2 Å². The second-order valence-corrected chi connectivity index (χ2v) is 13.1. The minimum atomic E-state index is -4.71. The minimum absolute atomic E-state index is 0.0513. The molecule has 278 valence electrons. The second-order valence-electron chi connectivity index (χ2n) is 12.0. The monoisotopic (exact) mass is 739 g/mol. The van der Waals surface area contributed by atoms with Gasteiger partial charge in [0.25, 0.3) is 0 Å². The van der Waals surface area contributed by atoms with Crippen molar-refractivity contribution < 1.29 is 40.7 Å². The van der Waals surface area contributed by atoms with Crippen LogP contribution in [0.5, 0.6) is 11.5 Å². The summed E-state index contributed by atoms with van der Waals surface area (Å²) in [5, 5.41) is 10.2. The summed E-state index contributed by atoms with van der Waals surface area (Å²) in [7, 11) is 0. The largest absolute Gasteiger partial charge is 0.457 e. The average molecular weight is 740 g/mol. The molecular weight excluding hydrogens is 696 g/mol. The molecule has 0 aliphatic heterocycles. The average Bonchev–Trinajstić information content (AvgIpc) is 3.04. The molecule has 0 amide bonds. The molecular formula is C36H43F6N5O3S. The number of carbonyl (C=O) groups excluding carboxylic acids is 2. The van der Waals surface area contributed by atoms with Crippen molar-refractivity contribution in [2.75, 3.05) is 30.7 Å². The van der Waals surface area contributed by atoms with E-state index in [9.17, 15) is 35.9 Å². The summed E-state index contributed by atoms with van der Waals surface area (Å²) >= 11 is 1.20. The maximum absolute atomic E-state index is 14.0. The van der Waals surface area contributed by atoms with Gasteiger partial charge < -0.3 is 27.3 Å². The fraction of sp³-hybridized carbons (Fsp3) is 0.417. The van der Waals surface area contributed by atoms with Gasteiger partial charge in [-0.3, -0.25) is 15.0 Å². The summed E-state index contributed by atoms with van der Waals surface area (Å²) < 4.78 is 88.2. The van der Waals surface area contributed by atoms with Gasteiger partial charge in [-0.05, 0) is 78.9 Å². The lowest BCUT2D eigenvalue weighted by atomic mass is 9.95. The van der Waals surface area contributed by atoms with E-state index in [2.05, 4.69) is 5.32 Å². The topological polar surface area (TPSA) is 157 Å². The van der Waals surface area contributed by atoms with Crippen molar-refractivity contribution in [1.29, 1.82) is 5.41 Å². The number of Topliss-reactive ketones (excluding diaryl/α,β-unsaturated/α-hetero) is 2. The first-order valence-electron chi connectivity index (χ1n) is 16.4. The van der Waals surface area contributed by atoms with E-state index in [1.807, 2.05) is 0 Å². The number of nitrogens with two attached hydrogens (primary N) is 3. The van der Waals surface area contributed by atoms with E-state index in [0.717, 1.165) is 24.3 Å². The molecule has 0 atom stereocenters. The van der Waals surface area contributed by atoms with Crippen molar-refractivity contribution in [3.8, 4) is 11.5 Å². The number of thioether (sulfide) groups is 1. The summed E-state index contributed by atoms with van der Waals surface area (Å²) in [4.78, 5) is 26.5. The van der Waals surface area contributed by atoms with Crippen LogP contribution < -0.4 is 27.3 Å². The third kappa shape index (κ3) is 14.2. The summed E-state index contributed by atoms with van der Waals surface area (Å²) in [6.45, 7) is 0.965. The van der Waals surface area contributed by atoms with Gasteiger partial charge in [0, 0.05) is 67.6 Å². The number of nitrogens with one attached hydrogen (secondary N) is 2. The van der Waals surface area contributed by atoms with Crippen LogP contribution in [-0.4, -0.2) is 42.8 Å². The molecule has 0 aliphatic carbocycles. The van der Waals surface area contributed by atoms with E-state index in [4.69, 9.17) is 27.3 Å². The van der Waals surface area contributed by atoms with Gasteiger partial charge in [-0.15, -0.1) is 11.8 Å². The first kappa shape index (κ1) is 41.3. The third-order valence-corrected chi connectivity index (χ3v) is 8.87. The molecule has 0 aliphatic rings. The molecule has 0 spiro atoms. The van der Waals surface area contributed by atoms with Crippen molar-refractivity contribution >= 4 is 34.9 Å². The molecule has 0 radical (unpaired) electrons. The number of benzene rings is 3. The first-order chi connectivity index (χ1) is 24.1. The first-order valence-corrected chi connectivity index (χ1v) is 17.4. The van der Waals surface area contributed by atoms with E-state index in [0.29, 0.717) is 61.4 Å². The normalized spacial score (nSPS) is 11.8. The number of halogens is 6. The van der Waals surface area contributed by atoms with Crippen molar-refractivity contribution in [2.45, 2.75) is 75.0 Å². The van der Waals surface area contributed by atoms with Crippen LogP contribution in [0.4, 0.5) is 32.0 Å². The summed E-state index contributed by atoms with van der Waals surface area (Å²) in [5.74, 6) is -0.0576. The number of carbonyl (C=O) groups is 2. The maximum Gasteiger partial charge on any atom is 0.416 e. The van der Waals surface area contributed by atoms with Crippen LogP contribution in [0.25, 0.3) is 0 Å². The Bertz CT molecular complexity index is 1630. The molecule has 51 heavy (non-hydrogen) atoms. The Kier molecular flexibility index (Phi) is 15.8. The molecule has 3 rings (SSSR count). The summed E-state index contributed by atoms with van der Waals surface area (Å²) in [6, 6.07) is 11.3. The lowest BCUT2D eigenvalue weighted by Crippen LogP contribution is -2.14. The van der Waals surface area contributed by atoms with Crippen LogP contribution in [0.3, 0.4) is 0 Å². The van der Waals surface area contributed by atoms with Gasteiger partial charge in [-0.1, -0.05) is 18.6 Å². The molecule has 0 aromatic heterocycles. The van der Waals surface area contributed by atoms with Crippen LogP contribution in [0, 0.1) is 5.41 Å². The highest BCUT2D eigenvalue weighted by molar-refractivity contribution is 7.99. The summed E-state index contributed by atoms with van der Waals surface area (Å²) in [6.07, 6.45) is -7.10. The molecule has 3 aromatic carbocycles. The van der Waals surface area contributed by atoms with E-state index in [1.54, 1.807) is 12.1 Å². The number of ether oxygens (including phenoxy) is 1. The van der Waals surface area contributed by atoms with Gasteiger partial charge in [0.1, 0.15) is 23.1 Å². The van der Waals surface area contributed by atoms with Gasteiger partial charge in [0.15, 0.2) is 0 Å². The molecule has 0 saturated carbocycles. The molecule has 3 aromatic rings. The summed E-state index contributed by atoms with van der Waals surface area (Å²) in [5.41, 5.74) is 15.7. The van der Waals surface area contributed by atoms with Crippen LogP contribution in [0.2, 0.25) is 0 Å². The quantitative estimate of drug-likeness (QED) is 0.0245. The van der Waals surface area contributed by atoms with Crippen LogP contribution in [-0.2, 0) is 41.2 Å². The molecule has 8 nitrogen and oxygen atoms in total. The zero-order valence-electron chi connectivity index (χ0n) is 28.0. The molecule has 0 unspecified atom stereocenters. The number of alkyl halides is 6. The van der Waals surface area contributed by atoms with Crippen LogP contribution in [0.15, 0.2) is 59.5 Å². The predicted octanol–water partition coefficient (Wildman–Crippen LogP) is 7.68. The smallest absolute Gasteiger partial charge is 0.416 e. The third-order valence-electron chi connectivity index (χ3n) is 7.62. The Labute approximate surface area is 297 Å².